The van der Waals surface area contributed by atoms with Gasteiger partial charge in [-0.05, 0) is 30.5 Å². The Morgan fingerprint density at radius 2 is 2.05 bits per heavy atom. The van der Waals surface area contributed by atoms with Crippen LogP contribution in [0.3, 0.4) is 0 Å². The molecule has 120 valence electrons. The van der Waals surface area contributed by atoms with Crippen LogP contribution < -0.4 is 10.1 Å². The van der Waals surface area contributed by atoms with Crippen LogP contribution in [0, 0.1) is 0 Å². The standard InChI is InChI=1S/C17H24N2O3/c1-3-12-22-16-6-4-14(5-7-16)13-18-15-8-10-19(11-9-15)17(20)21-2/h3-7,15,18H,1,8-13H2,2H3. The molecule has 0 spiro atoms. The summed E-state index contributed by atoms with van der Waals surface area (Å²) in [6, 6.07) is 8.52. The number of piperidine rings is 1. The molecular weight excluding hydrogens is 280 g/mol. The van der Waals surface area contributed by atoms with E-state index in [0.717, 1.165) is 38.2 Å². The number of carbonyl (C=O) groups is 1. The van der Waals surface area contributed by atoms with Crippen LogP contribution >= 0.6 is 0 Å². The first-order valence-corrected chi connectivity index (χ1v) is 7.62. The Morgan fingerprint density at radius 1 is 1.36 bits per heavy atom. The molecule has 22 heavy (non-hydrogen) atoms. The third-order valence-electron chi connectivity index (χ3n) is 3.81. The zero-order valence-corrected chi connectivity index (χ0v) is 13.1. The Bertz CT molecular complexity index is 479. The van der Waals surface area contributed by atoms with E-state index in [2.05, 4.69) is 24.0 Å². The van der Waals surface area contributed by atoms with Crippen molar-refractivity contribution in [1.29, 1.82) is 0 Å². The van der Waals surface area contributed by atoms with E-state index in [1.807, 2.05) is 12.1 Å². The lowest BCUT2D eigenvalue weighted by atomic mass is 10.0. The van der Waals surface area contributed by atoms with Crippen molar-refractivity contribution in [3.05, 3.63) is 42.5 Å². The second-order valence-electron chi connectivity index (χ2n) is 5.36. The van der Waals surface area contributed by atoms with E-state index in [-0.39, 0.29) is 6.09 Å². The predicted octanol–water partition coefficient (Wildman–Crippen LogP) is 2.57. The molecule has 1 aliphatic heterocycles. The van der Waals surface area contributed by atoms with E-state index in [0.29, 0.717) is 12.6 Å². The molecule has 0 radical (unpaired) electrons. The molecule has 5 nitrogen and oxygen atoms in total. The predicted molar refractivity (Wildman–Crippen MR) is 86.0 cm³/mol. The Morgan fingerprint density at radius 3 is 2.64 bits per heavy atom. The third-order valence-corrected chi connectivity index (χ3v) is 3.81. The van der Waals surface area contributed by atoms with Crippen LogP contribution in [0.5, 0.6) is 5.75 Å². The first kappa shape index (κ1) is 16.4. The minimum atomic E-state index is -0.228. The maximum atomic E-state index is 11.4. The first-order chi connectivity index (χ1) is 10.7. The molecule has 0 bridgehead atoms. The number of nitrogens with one attached hydrogen (secondary N) is 1. The van der Waals surface area contributed by atoms with Gasteiger partial charge >= 0.3 is 6.09 Å². The molecule has 1 amide bonds. The second kappa shape index (κ2) is 8.44. The van der Waals surface area contributed by atoms with Gasteiger partial charge in [-0.3, -0.25) is 0 Å². The molecule has 0 saturated carbocycles. The Balaban J connectivity index is 1.72. The average molecular weight is 304 g/mol. The van der Waals surface area contributed by atoms with Crippen molar-refractivity contribution in [2.24, 2.45) is 0 Å². The van der Waals surface area contributed by atoms with Crippen LogP contribution in [0.1, 0.15) is 18.4 Å². The molecule has 0 aromatic heterocycles. The number of likely N-dealkylation sites (tertiary alicyclic amines) is 1. The number of ether oxygens (including phenoxy) is 2. The third kappa shape index (κ3) is 4.77. The lowest BCUT2D eigenvalue weighted by molar-refractivity contribution is 0.109. The Kier molecular flexibility index (Phi) is 6.27. The number of benzene rings is 1. The van der Waals surface area contributed by atoms with Crippen molar-refractivity contribution in [2.45, 2.75) is 25.4 Å². The largest absolute Gasteiger partial charge is 0.490 e. The number of carbonyl (C=O) groups excluding carboxylic acids is 1. The molecular formula is C17H24N2O3. The normalized spacial score (nSPS) is 15.4. The van der Waals surface area contributed by atoms with Gasteiger partial charge in [0, 0.05) is 25.7 Å². The minimum Gasteiger partial charge on any atom is -0.490 e. The first-order valence-electron chi connectivity index (χ1n) is 7.62. The number of hydrogen-bond donors (Lipinski definition) is 1. The molecule has 1 saturated heterocycles. The van der Waals surface area contributed by atoms with Gasteiger partial charge in [0.2, 0.25) is 0 Å². The van der Waals surface area contributed by atoms with Crippen molar-refractivity contribution in [1.82, 2.24) is 10.2 Å². The minimum absolute atomic E-state index is 0.228. The molecule has 1 aromatic carbocycles. The van der Waals surface area contributed by atoms with Crippen LogP contribution in [0.25, 0.3) is 0 Å². The van der Waals surface area contributed by atoms with Crippen molar-refractivity contribution in [2.75, 3.05) is 26.8 Å². The van der Waals surface area contributed by atoms with Gasteiger partial charge in [-0.1, -0.05) is 24.8 Å². The highest BCUT2D eigenvalue weighted by molar-refractivity contribution is 5.67. The molecule has 0 atom stereocenters. The molecule has 0 aliphatic carbocycles. The zero-order valence-electron chi connectivity index (χ0n) is 13.1. The number of amides is 1. The quantitative estimate of drug-likeness (QED) is 0.821. The van der Waals surface area contributed by atoms with Gasteiger partial charge in [0.25, 0.3) is 0 Å². The van der Waals surface area contributed by atoms with Gasteiger partial charge in [-0.15, -0.1) is 0 Å². The zero-order chi connectivity index (χ0) is 15.8. The van der Waals surface area contributed by atoms with Crippen molar-refractivity contribution < 1.29 is 14.3 Å². The molecule has 1 fully saturated rings. The Labute approximate surface area is 131 Å². The molecule has 2 rings (SSSR count). The highest BCUT2D eigenvalue weighted by Gasteiger charge is 2.22. The summed E-state index contributed by atoms with van der Waals surface area (Å²) in [5, 5.41) is 3.54. The molecule has 1 aliphatic rings. The maximum Gasteiger partial charge on any atom is 0.409 e. The molecule has 1 aromatic rings. The second-order valence-corrected chi connectivity index (χ2v) is 5.36. The van der Waals surface area contributed by atoms with Crippen LogP contribution in [0.15, 0.2) is 36.9 Å². The lowest BCUT2D eigenvalue weighted by Gasteiger charge is -2.31. The fourth-order valence-electron chi connectivity index (χ4n) is 2.52. The van der Waals surface area contributed by atoms with E-state index in [9.17, 15) is 4.79 Å². The van der Waals surface area contributed by atoms with E-state index >= 15 is 0 Å². The number of methoxy groups -OCH3 is 1. The van der Waals surface area contributed by atoms with Gasteiger partial charge in [-0.25, -0.2) is 4.79 Å². The van der Waals surface area contributed by atoms with Crippen LogP contribution in [-0.4, -0.2) is 43.8 Å². The van der Waals surface area contributed by atoms with Gasteiger partial charge < -0.3 is 19.7 Å². The summed E-state index contributed by atoms with van der Waals surface area (Å²) < 4.78 is 10.2. The Hall–Kier alpha value is -2.01. The summed E-state index contributed by atoms with van der Waals surface area (Å²) in [5.74, 6) is 0.857. The summed E-state index contributed by atoms with van der Waals surface area (Å²) in [6.45, 7) is 6.47. The fourth-order valence-corrected chi connectivity index (χ4v) is 2.52. The highest BCUT2D eigenvalue weighted by Crippen LogP contribution is 2.14. The van der Waals surface area contributed by atoms with Crippen molar-refractivity contribution >= 4 is 6.09 Å². The molecule has 5 heteroatoms. The average Bonchev–Trinajstić information content (AvgIpc) is 2.58. The van der Waals surface area contributed by atoms with E-state index < -0.39 is 0 Å². The number of hydrogen-bond acceptors (Lipinski definition) is 4. The maximum absolute atomic E-state index is 11.4. The van der Waals surface area contributed by atoms with Gasteiger partial charge in [0.1, 0.15) is 12.4 Å². The summed E-state index contributed by atoms with van der Waals surface area (Å²) in [7, 11) is 1.43. The van der Waals surface area contributed by atoms with E-state index in [1.54, 1.807) is 11.0 Å². The van der Waals surface area contributed by atoms with Gasteiger partial charge in [0.15, 0.2) is 0 Å². The van der Waals surface area contributed by atoms with Crippen LogP contribution in [0.2, 0.25) is 0 Å². The van der Waals surface area contributed by atoms with Crippen LogP contribution in [0.4, 0.5) is 4.79 Å². The summed E-state index contributed by atoms with van der Waals surface area (Å²) >= 11 is 0. The summed E-state index contributed by atoms with van der Waals surface area (Å²) in [5.41, 5.74) is 1.22. The van der Waals surface area contributed by atoms with Crippen LogP contribution in [-0.2, 0) is 11.3 Å². The van der Waals surface area contributed by atoms with Crippen molar-refractivity contribution in [3.8, 4) is 5.75 Å². The van der Waals surface area contributed by atoms with Gasteiger partial charge in [0.05, 0.1) is 7.11 Å². The number of rotatable bonds is 6. The molecule has 1 N–H and O–H groups in total. The summed E-state index contributed by atoms with van der Waals surface area (Å²) in [6.07, 6.45) is 3.41. The van der Waals surface area contributed by atoms with Gasteiger partial charge in [-0.2, -0.15) is 0 Å². The number of nitrogens with zero attached hydrogens (tertiary/aromatic N) is 1. The molecule has 1 heterocycles. The highest BCUT2D eigenvalue weighted by atomic mass is 16.5. The SMILES string of the molecule is C=CCOc1ccc(CNC2CCN(C(=O)OC)CC2)cc1. The summed E-state index contributed by atoms with van der Waals surface area (Å²) in [4.78, 5) is 13.2. The smallest absolute Gasteiger partial charge is 0.409 e. The topological polar surface area (TPSA) is 50.8 Å². The monoisotopic (exact) mass is 304 g/mol. The van der Waals surface area contributed by atoms with E-state index in [1.165, 1.54) is 12.7 Å². The molecule has 0 unspecified atom stereocenters. The lowest BCUT2D eigenvalue weighted by Crippen LogP contribution is -2.44. The fraction of sp³-hybridized carbons (Fsp3) is 0.471. The van der Waals surface area contributed by atoms with E-state index in [4.69, 9.17) is 9.47 Å². The van der Waals surface area contributed by atoms with Crippen molar-refractivity contribution in [3.63, 3.8) is 0 Å².